The van der Waals surface area contributed by atoms with Gasteiger partial charge in [-0.25, -0.2) is 14.6 Å². The van der Waals surface area contributed by atoms with E-state index in [9.17, 15) is 24.0 Å². The number of nitrogens with one attached hydrogen (secondary N) is 1. The number of anilines is 1. The molecule has 2 aromatic heterocycles. The molecule has 73 heavy (non-hydrogen) atoms. The van der Waals surface area contributed by atoms with E-state index in [2.05, 4.69) is 10.1 Å². The van der Waals surface area contributed by atoms with Gasteiger partial charge in [-0.1, -0.05) is 6.92 Å². The summed E-state index contributed by atoms with van der Waals surface area (Å²) in [7, 11) is 8.14. The van der Waals surface area contributed by atoms with Crippen LogP contribution in [0.4, 0.5) is 10.5 Å². The number of aromatic nitrogens is 1. The van der Waals surface area contributed by atoms with E-state index in [1.807, 2.05) is 44.1 Å². The molecule has 1 aliphatic rings. The minimum absolute atomic E-state index is 0.0439. The van der Waals surface area contributed by atoms with Gasteiger partial charge < -0.3 is 62.0 Å². The Balaban J connectivity index is 1.04. The molecular weight excluding hydrogens is 945 g/mol. The van der Waals surface area contributed by atoms with Crippen LogP contribution in [0.15, 0.2) is 64.1 Å². The van der Waals surface area contributed by atoms with Gasteiger partial charge in [0.15, 0.2) is 11.5 Å². The Hall–Kier alpha value is -6.84. The van der Waals surface area contributed by atoms with Crippen LogP contribution in [0.25, 0.3) is 21.9 Å². The minimum Gasteiger partial charge on any atom is -0.492 e. The van der Waals surface area contributed by atoms with E-state index in [1.165, 1.54) is 28.1 Å². The molecule has 20 heteroatoms. The summed E-state index contributed by atoms with van der Waals surface area (Å²) in [5.41, 5.74) is 4.09. The highest BCUT2D eigenvalue weighted by atomic mass is 16.6. The van der Waals surface area contributed by atoms with Gasteiger partial charge in [0.25, 0.3) is 11.8 Å². The number of aryl methyl sites for hydroxylation is 1. The number of hydrazone groups is 1. The number of aromatic amines is 1. The molecule has 20 nitrogen and oxygen atoms in total. The van der Waals surface area contributed by atoms with Crippen molar-refractivity contribution in [1.29, 1.82) is 0 Å². The maximum atomic E-state index is 14.4. The second kappa shape index (κ2) is 26.7. The Bertz CT molecular complexity index is 2730. The van der Waals surface area contributed by atoms with Gasteiger partial charge in [0, 0.05) is 62.1 Å². The van der Waals surface area contributed by atoms with Crippen LogP contribution in [-0.4, -0.2) is 176 Å². The molecule has 1 N–H and O–H groups in total. The third-order valence-corrected chi connectivity index (χ3v) is 12.0. The number of carbonyl (C=O) groups excluding carboxylic acids is 5. The fraction of sp³-hybridized carbons (Fsp3) is 0.472. The number of benzene rings is 3. The van der Waals surface area contributed by atoms with Crippen LogP contribution in [0.5, 0.6) is 17.2 Å². The first kappa shape index (κ1) is 55.5. The summed E-state index contributed by atoms with van der Waals surface area (Å²) in [5.74, 6) is -0.180. The molecule has 3 aromatic carbocycles. The van der Waals surface area contributed by atoms with E-state index in [0.29, 0.717) is 129 Å². The maximum Gasteiger partial charge on any atom is 0.415 e. The van der Waals surface area contributed by atoms with Gasteiger partial charge in [-0.15, -0.1) is 0 Å². The van der Waals surface area contributed by atoms with Crippen molar-refractivity contribution < 1.29 is 66.3 Å². The Kier molecular flexibility index (Phi) is 20.3. The number of esters is 1. The van der Waals surface area contributed by atoms with Crippen LogP contribution in [-0.2, 0) is 33.3 Å². The molecule has 0 saturated heterocycles. The van der Waals surface area contributed by atoms with E-state index in [0.717, 1.165) is 27.6 Å². The van der Waals surface area contributed by atoms with Crippen molar-refractivity contribution in [1.82, 2.24) is 19.8 Å². The highest BCUT2D eigenvalue weighted by Crippen LogP contribution is 2.48. The standard InChI is InChI=1S/C53H68N6O14/c1-10-37-32-59(51(62)45-30-39-29-41(15-16-43(39)72-45)70-20-18-56(5)6)42-31-44(50-49(48(37)42)47(36(4)54-50)52(63)65-9)73-53(64)57(7)33-46(61)58(8)55-35(3)38-11-13-40(14-12-38)71-28-27-69-26-25-68-24-23-67-22-21-66-19-17-34(2)60/h11-16,29-31,37,54H,10,17-28,32-33H2,1-9H3/b55-35+/t37-/m1/s1. The second-order valence-electron chi connectivity index (χ2n) is 17.8. The molecule has 0 spiro atoms. The van der Waals surface area contributed by atoms with Crippen LogP contribution in [0.3, 0.4) is 0 Å². The average molecular weight is 1010 g/mol. The normalized spacial score (nSPS) is 13.4. The van der Waals surface area contributed by atoms with Crippen LogP contribution >= 0.6 is 0 Å². The molecule has 0 fully saturated rings. The zero-order valence-corrected chi connectivity index (χ0v) is 43.3. The fourth-order valence-corrected chi connectivity index (χ4v) is 8.06. The van der Waals surface area contributed by atoms with Gasteiger partial charge >= 0.3 is 12.1 Å². The molecule has 0 unspecified atom stereocenters. The lowest BCUT2D eigenvalue weighted by Crippen LogP contribution is -2.39. The number of H-pyrrole nitrogens is 1. The molecular formula is C53H68N6O14. The van der Waals surface area contributed by atoms with Crippen LogP contribution in [0, 0.1) is 6.92 Å². The predicted octanol–water partition coefficient (Wildman–Crippen LogP) is 6.84. The summed E-state index contributed by atoms with van der Waals surface area (Å²) in [6.45, 7) is 11.8. The first-order chi connectivity index (χ1) is 35.1. The number of nitrogens with zero attached hydrogens (tertiary/aromatic N) is 5. The first-order valence-electron chi connectivity index (χ1n) is 24.3. The minimum atomic E-state index is -0.864. The van der Waals surface area contributed by atoms with E-state index >= 15 is 0 Å². The molecule has 0 radical (unpaired) electrons. The third kappa shape index (κ3) is 14.9. The van der Waals surface area contributed by atoms with Gasteiger partial charge in [0.05, 0.1) is 82.4 Å². The Morgan fingerprint density at radius 3 is 2.05 bits per heavy atom. The molecule has 5 aromatic rings. The van der Waals surface area contributed by atoms with Crippen molar-refractivity contribution in [3.05, 3.63) is 82.7 Å². The van der Waals surface area contributed by atoms with Gasteiger partial charge in [0.2, 0.25) is 0 Å². The van der Waals surface area contributed by atoms with E-state index in [1.54, 1.807) is 55.1 Å². The number of hydrogen-bond donors (Lipinski definition) is 1. The number of Topliss-reactive ketones (excluding diaryl/α,β-unsaturated/α-hetero) is 1. The SMILES string of the molecule is CC[C@@H]1CN(C(=O)c2cc3cc(OCCN(C)C)ccc3o2)c2cc(OC(=O)N(C)CC(=O)N(C)/N=C(\C)c3ccc(OCCOCCOCCOCCOCCC(C)=O)cc3)c3[nH]c(C)c(C(=O)OC)c3c21. The molecule has 394 valence electrons. The monoisotopic (exact) mass is 1010 g/mol. The number of amides is 3. The Labute approximate surface area is 425 Å². The van der Waals surface area contributed by atoms with Gasteiger partial charge in [-0.2, -0.15) is 5.10 Å². The number of ketones is 1. The summed E-state index contributed by atoms with van der Waals surface area (Å²) in [4.78, 5) is 73.9. The smallest absolute Gasteiger partial charge is 0.415 e. The number of methoxy groups -OCH3 is 1. The molecule has 0 saturated carbocycles. The maximum absolute atomic E-state index is 14.4. The summed E-state index contributed by atoms with van der Waals surface area (Å²) < 4.78 is 50.9. The van der Waals surface area contributed by atoms with Crippen molar-refractivity contribution in [2.75, 3.05) is 126 Å². The quantitative estimate of drug-likeness (QED) is 0.0235. The van der Waals surface area contributed by atoms with Gasteiger partial charge in [0.1, 0.15) is 42.6 Å². The highest BCUT2D eigenvalue weighted by Gasteiger charge is 2.39. The number of fused-ring (bicyclic) bond motifs is 4. The van der Waals surface area contributed by atoms with Crippen LogP contribution < -0.4 is 19.1 Å². The second-order valence-corrected chi connectivity index (χ2v) is 17.8. The summed E-state index contributed by atoms with van der Waals surface area (Å²) in [6, 6.07) is 15.9. The third-order valence-electron chi connectivity index (χ3n) is 12.0. The molecule has 3 amide bonds. The molecule has 1 aliphatic heterocycles. The van der Waals surface area contributed by atoms with Gasteiger partial charge in [-0.3, -0.25) is 14.4 Å². The average Bonchev–Trinajstić information content (AvgIpc) is 4.07. The van der Waals surface area contributed by atoms with Crippen LogP contribution in [0.1, 0.15) is 77.3 Å². The van der Waals surface area contributed by atoms with Crippen molar-refractivity contribution >= 4 is 62.9 Å². The Morgan fingerprint density at radius 2 is 1.42 bits per heavy atom. The molecule has 1 atom stereocenters. The summed E-state index contributed by atoms with van der Waals surface area (Å²) in [5, 5.41) is 6.79. The Morgan fingerprint density at radius 1 is 0.795 bits per heavy atom. The van der Waals surface area contributed by atoms with Crippen molar-refractivity contribution in [3.8, 4) is 17.2 Å². The lowest BCUT2D eigenvalue weighted by Gasteiger charge is -2.21. The fourth-order valence-electron chi connectivity index (χ4n) is 8.06. The predicted molar refractivity (Wildman–Crippen MR) is 273 cm³/mol. The van der Waals surface area contributed by atoms with Crippen LogP contribution in [0.2, 0.25) is 0 Å². The topological polar surface area (TPSA) is 213 Å². The largest absolute Gasteiger partial charge is 0.492 e. The van der Waals surface area contributed by atoms with Gasteiger partial charge in [-0.05, 0) is 101 Å². The number of furan rings is 1. The number of carbonyl (C=O) groups is 5. The number of hydrogen-bond acceptors (Lipinski definition) is 16. The summed E-state index contributed by atoms with van der Waals surface area (Å²) in [6.07, 6.45) is 0.168. The highest BCUT2D eigenvalue weighted by molar-refractivity contribution is 6.15. The van der Waals surface area contributed by atoms with Crippen molar-refractivity contribution in [2.24, 2.45) is 5.10 Å². The molecule has 0 bridgehead atoms. The number of ether oxygens (including phenoxy) is 8. The van der Waals surface area contributed by atoms with E-state index in [-0.39, 0.29) is 41.9 Å². The summed E-state index contributed by atoms with van der Waals surface area (Å²) >= 11 is 0. The zero-order valence-electron chi connectivity index (χ0n) is 43.3. The lowest BCUT2D eigenvalue weighted by molar-refractivity contribution is -0.130. The molecule has 6 rings (SSSR count). The zero-order chi connectivity index (χ0) is 52.6. The molecule has 0 aliphatic carbocycles. The lowest BCUT2D eigenvalue weighted by atomic mass is 9.93. The first-order valence-corrected chi connectivity index (χ1v) is 24.3. The van der Waals surface area contributed by atoms with Crippen molar-refractivity contribution in [3.63, 3.8) is 0 Å². The number of likely N-dealkylation sites (N-methyl/N-ethyl adjacent to an activating group) is 3. The van der Waals surface area contributed by atoms with Crippen molar-refractivity contribution in [2.45, 2.75) is 46.5 Å². The van der Waals surface area contributed by atoms with E-state index in [4.69, 9.17) is 42.3 Å². The number of rotatable bonds is 28. The molecule has 3 heterocycles. The van der Waals surface area contributed by atoms with E-state index < -0.39 is 23.9 Å².